The fourth-order valence-electron chi connectivity index (χ4n) is 9.17. The minimum atomic E-state index is -0.179. The van der Waals surface area contributed by atoms with E-state index in [1.165, 1.54) is 77.9 Å². The standard InChI is InChI=1S/C54H44N2/c1-53(2)47-21-13-14-22-51(47)56(44-27-24-38-15-11-12-16-39(38)34-44)52-30-26-41(36-50(52)53)40-25-29-46-45-28-23-37(33-48(45)54(3,4)49(46)35-40)31-32-55(42-17-7-5-8-18-42)43-19-9-6-10-20-43/h5-36H,1-4H3/b32-31+. The lowest BCUT2D eigenvalue weighted by Crippen LogP contribution is -2.30. The molecule has 0 spiro atoms. The lowest BCUT2D eigenvalue weighted by Gasteiger charge is -2.42. The second-order valence-corrected chi connectivity index (χ2v) is 16.3. The third-order valence-electron chi connectivity index (χ3n) is 12.2. The lowest BCUT2D eigenvalue weighted by molar-refractivity contribution is 0.632. The summed E-state index contributed by atoms with van der Waals surface area (Å²) < 4.78 is 0. The Morgan fingerprint density at radius 3 is 1.71 bits per heavy atom. The van der Waals surface area contributed by atoms with Crippen molar-refractivity contribution in [2.75, 3.05) is 9.80 Å². The van der Waals surface area contributed by atoms with Crippen molar-refractivity contribution in [2.45, 2.75) is 38.5 Å². The normalized spacial score (nSPS) is 14.6. The van der Waals surface area contributed by atoms with Gasteiger partial charge in [0.05, 0.1) is 11.4 Å². The number of nitrogens with zero attached hydrogens (tertiary/aromatic N) is 2. The van der Waals surface area contributed by atoms with Crippen molar-refractivity contribution in [3.8, 4) is 22.3 Å². The topological polar surface area (TPSA) is 6.48 Å². The van der Waals surface area contributed by atoms with E-state index in [2.05, 4.69) is 232 Å². The predicted molar refractivity (Wildman–Crippen MR) is 238 cm³/mol. The molecule has 2 heteroatoms. The second-order valence-electron chi connectivity index (χ2n) is 16.3. The van der Waals surface area contributed by atoms with Crippen LogP contribution in [0.5, 0.6) is 0 Å². The fraction of sp³-hybridized carbons (Fsp3) is 0.111. The monoisotopic (exact) mass is 720 g/mol. The van der Waals surface area contributed by atoms with E-state index in [0.717, 1.165) is 11.4 Å². The summed E-state index contributed by atoms with van der Waals surface area (Å²) >= 11 is 0. The van der Waals surface area contributed by atoms with Crippen molar-refractivity contribution in [1.82, 2.24) is 0 Å². The van der Waals surface area contributed by atoms with E-state index in [1.54, 1.807) is 0 Å². The number of para-hydroxylation sites is 3. The molecule has 0 amide bonds. The molecule has 0 N–H and O–H groups in total. The van der Waals surface area contributed by atoms with Crippen LogP contribution in [0.1, 0.15) is 55.5 Å². The second kappa shape index (κ2) is 13.0. The van der Waals surface area contributed by atoms with Gasteiger partial charge in [0.1, 0.15) is 0 Å². The molecule has 0 saturated carbocycles. The van der Waals surface area contributed by atoms with E-state index in [1.807, 2.05) is 0 Å². The van der Waals surface area contributed by atoms with Crippen molar-refractivity contribution < 1.29 is 0 Å². The first-order valence-electron chi connectivity index (χ1n) is 19.7. The van der Waals surface area contributed by atoms with Gasteiger partial charge >= 0.3 is 0 Å². The average Bonchev–Trinajstić information content (AvgIpc) is 3.46. The molecule has 0 saturated heterocycles. The maximum absolute atomic E-state index is 2.46. The van der Waals surface area contributed by atoms with Crippen LogP contribution in [0.3, 0.4) is 0 Å². The zero-order valence-corrected chi connectivity index (χ0v) is 32.4. The van der Waals surface area contributed by atoms with Crippen molar-refractivity contribution in [1.29, 1.82) is 0 Å². The zero-order valence-electron chi connectivity index (χ0n) is 32.4. The van der Waals surface area contributed by atoms with Crippen LogP contribution in [-0.4, -0.2) is 0 Å². The highest BCUT2D eigenvalue weighted by Gasteiger charge is 2.38. The van der Waals surface area contributed by atoms with Gasteiger partial charge in [0, 0.05) is 34.1 Å². The largest absolute Gasteiger partial charge is 0.317 e. The summed E-state index contributed by atoms with van der Waals surface area (Å²) in [5.41, 5.74) is 17.3. The van der Waals surface area contributed by atoms with Gasteiger partial charge < -0.3 is 9.80 Å². The molecule has 1 aliphatic carbocycles. The zero-order chi connectivity index (χ0) is 38.0. The summed E-state index contributed by atoms with van der Waals surface area (Å²) in [4.78, 5) is 4.71. The summed E-state index contributed by atoms with van der Waals surface area (Å²) in [7, 11) is 0. The van der Waals surface area contributed by atoms with Crippen molar-refractivity contribution in [2.24, 2.45) is 0 Å². The predicted octanol–water partition coefficient (Wildman–Crippen LogP) is 14.7. The molecule has 8 aromatic carbocycles. The summed E-state index contributed by atoms with van der Waals surface area (Å²) in [5, 5.41) is 2.50. The Morgan fingerprint density at radius 2 is 0.982 bits per heavy atom. The molecule has 0 aromatic heterocycles. The van der Waals surface area contributed by atoms with Crippen molar-refractivity contribution in [3.63, 3.8) is 0 Å². The van der Waals surface area contributed by atoms with Gasteiger partial charge in [0.25, 0.3) is 0 Å². The van der Waals surface area contributed by atoms with E-state index < -0.39 is 0 Å². The Kier molecular flexibility index (Phi) is 7.87. The van der Waals surface area contributed by atoms with Gasteiger partial charge in [-0.05, 0) is 128 Å². The molecule has 1 aliphatic heterocycles. The van der Waals surface area contributed by atoms with Crippen molar-refractivity contribution >= 4 is 45.3 Å². The molecule has 8 aromatic rings. The van der Waals surface area contributed by atoms with Gasteiger partial charge in [-0.1, -0.05) is 149 Å². The Morgan fingerprint density at radius 1 is 0.429 bits per heavy atom. The van der Waals surface area contributed by atoms with Crippen molar-refractivity contribution in [3.05, 3.63) is 216 Å². The molecule has 0 radical (unpaired) electrons. The van der Waals surface area contributed by atoms with E-state index in [9.17, 15) is 0 Å². The molecule has 0 bridgehead atoms. The molecule has 1 heterocycles. The molecular formula is C54H44N2. The number of hydrogen-bond acceptors (Lipinski definition) is 2. The quantitative estimate of drug-likeness (QED) is 0.169. The van der Waals surface area contributed by atoms with Crippen LogP contribution in [0.25, 0.3) is 39.1 Å². The number of rotatable bonds is 6. The molecule has 2 aliphatic rings. The Labute approximate surface area is 330 Å². The Hall–Kier alpha value is -6.64. The molecule has 0 atom stereocenters. The third kappa shape index (κ3) is 5.47. The maximum atomic E-state index is 2.46. The van der Waals surface area contributed by atoms with Crippen LogP contribution in [0.4, 0.5) is 28.4 Å². The smallest absolute Gasteiger partial charge is 0.0503 e. The van der Waals surface area contributed by atoms with E-state index in [0.29, 0.717) is 0 Å². The van der Waals surface area contributed by atoms with Crippen LogP contribution in [-0.2, 0) is 10.8 Å². The number of fused-ring (bicyclic) bond motifs is 6. The van der Waals surface area contributed by atoms with Crippen LogP contribution in [0, 0.1) is 0 Å². The van der Waals surface area contributed by atoms with E-state index >= 15 is 0 Å². The summed E-state index contributed by atoms with van der Waals surface area (Å²) in [5.74, 6) is 0. The number of anilines is 5. The number of hydrogen-bond donors (Lipinski definition) is 0. The first-order valence-corrected chi connectivity index (χ1v) is 19.7. The lowest BCUT2D eigenvalue weighted by atomic mass is 9.72. The SMILES string of the molecule is CC1(C)c2cc(/C=C/N(c3ccccc3)c3ccccc3)ccc2-c2ccc(-c3ccc4c(c3)C(C)(C)c3ccccc3N4c3ccc4ccccc4c3)cc21. The van der Waals surface area contributed by atoms with Gasteiger partial charge in [0.2, 0.25) is 0 Å². The Balaban J connectivity index is 1.01. The first kappa shape index (κ1) is 33.9. The third-order valence-corrected chi connectivity index (χ3v) is 12.2. The summed E-state index contributed by atoms with van der Waals surface area (Å²) in [6.45, 7) is 9.51. The summed E-state index contributed by atoms with van der Waals surface area (Å²) in [6, 6.07) is 66.7. The molecule has 56 heavy (non-hydrogen) atoms. The minimum absolute atomic E-state index is 0.150. The molecule has 10 rings (SSSR count). The van der Waals surface area contributed by atoms with Gasteiger partial charge in [0.15, 0.2) is 0 Å². The molecule has 2 nitrogen and oxygen atoms in total. The number of benzene rings is 8. The first-order chi connectivity index (χ1) is 27.3. The molecule has 0 unspecified atom stereocenters. The fourth-order valence-corrected chi connectivity index (χ4v) is 9.17. The molecule has 270 valence electrons. The van der Waals surface area contributed by atoms with Crippen LogP contribution in [0.2, 0.25) is 0 Å². The van der Waals surface area contributed by atoms with Crippen LogP contribution in [0.15, 0.2) is 188 Å². The van der Waals surface area contributed by atoms with Crippen LogP contribution >= 0.6 is 0 Å². The molecule has 0 fully saturated rings. The maximum Gasteiger partial charge on any atom is 0.0503 e. The van der Waals surface area contributed by atoms with Gasteiger partial charge in [-0.2, -0.15) is 0 Å². The van der Waals surface area contributed by atoms with Gasteiger partial charge in [-0.3, -0.25) is 0 Å². The van der Waals surface area contributed by atoms with Crippen LogP contribution < -0.4 is 9.80 Å². The highest BCUT2D eigenvalue weighted by molar-refractivity contribution is 5.93. The van der Waals surface area contributed by atoms with E-state index in [-0.39, 0.29) is 10.8 Å². The average molecular weight is 721 g/mol. The molecular weight excluding hydrogens is 677 g/mol. The van der Waals surface area contributed by atoms with E-state index in [4.69, 9.17) is 0 Å². The van der Waals surface area contributed by atoms with Gasteiger partial charge in [-0.15, -0.1) is 0 Å². The Bertz CT molecular complexity index is 2770. The highest BCUT2D eigenvalue weighted by Crippen LogP contribution is 2.54. The minimum Gasteiger partial charge on any atom is -0.317 e. The van der Waals surface area contributed by atoms with Gasteiger partial charge in [-0.25, -0.2) is 0 Å². The highest BCUT2D eigenvalue weighted by atomic mass is 15.2. The summed E-state index contributed by atoms with van der Waals surface area (Å²) in [6.07, 6.45) is 4.43.